The van der Waals surface area contributed by atoms with E-state index in [4.69, 9.17) is 11.6 Å². The third-order valence-electron chi connectivity index (χ3n) is 4.49. The average molecular weight is 468 g/mol. The number of aryl methyl sites for hydroxylation is 2. The number of carbonyl (C=O) groups excluding carboxylic acids is 1. The zero-order valence-corrected chi connectivity index (χ0v) is 19.1. The second-order valence-corrected chi connectivity index (χ2v) is 9.21. The van der Waals surface area contributed by atoms with Gasteiger partial charge in [0.1, 0.15) is 0 Å². The van der Waals surface area contributed by atoms with Crippen LogP contribution in [-0.2, 0) is 10.0 Å². The zero-order chi connectivity index (χ0) is 23.1. The van der Waals surface area contributed by atoms with Crippen LogP contribution in [0, 0.1) is 13.8 Å². The summed E-state index contributed by atoms with van der Waals surface area (Å²) >= 11 is 6.10. The van der Waals surface area contributed by atoms with E-state index in [1.54, 1.807) is 12.1 Å². The Bertz CT molecular complexity index is 1290. The Kier molecular flexibility index (Phi) is 7.45. The molecule has 0 aliphatic heterocycles. The van der Waals surface area contributed by atoms with Gasteiger partial charge in [0.05, 0.1) is 21.8 Å². The van der Waals surface area contributed by atoms with E-state index in [0.29, 0.717) is 10.7 Å². The normalized spacial score (nSPS) is 12.0. The van der Waals surface area contributed by atoms with Gasteiger partial charge in [-0.05, 0) is 55.3 Å². The lowest BCUT2D eigenvalue weighted by atomic mass is 10.1. The first kappa shape index (κ1) is 23.2. The average Bonchev–Trinajstić information content (AvgIpc) is 2.76. The number of benzene rings is 3. The Morgan fingerprint density at radius 1 is 0.969 bits per heavy atom. The van der Waals surface area contributed by atoms with Crippen LogP contribution >= 0.6 is 11.6 Å². The number of allylic oxidation sites excluding steroid dienone is 1. The molecule has 0 bridgehead atoms. The monoisotopic (exact) mass is 467 g/mol. The van der Waals surface area contributed by atoms with E-state index < -0.39 is 15.9 Å². The summed E-state index contributed by atoms with van der Waals surface area (Å²) in [7, 11) is -3.87. The minimum atomic E-state index is -3.87. The van der Waals surface area contributed by atoms with Crippen molar-refractivity contribution in [2.75, 3.05) is 4.72 Å². The first-order valence-electron chi connectivity index (χ1n) is 9.70. The van der Waals surface area contributed by atoms with E-state index in [1.807, 2.05) is 56.3 Å². The van der Waals surface area contributed by atoms with Gasteiger partial charge in [-0.15, -0.1) is 0 Å². The molecule has 2 N–H and O–H groups in total. The minimum Gasteiger partial charge on any atom is -0.279 e. The Labute approximate surface area is 192 Å². The van der Waals surface area contributed by atoms with Gasteiger partial charge in [0.25, 0.3) is 15.9 Å². The summed E-state index contributed by atoms with van der Waals surface area (Å²) < 4.78 is 28.1. The number of anilines is 1. The van der Waals surface area contributed by atoms with Gasteiger partial charge in [-0.3, -0.25) is 9.52 Å². The molecule has 0 saturated heterocycles. The number of sulfonamides is 1. The van der Waals surface area contributed by atoms with Crippen molar-refractivity contribution in [3.05, 3.63) is 100 Å². The van der Waals surface area contributed by atoms with Crippen LogP contribution in [0.25, 0.3) is 6.08 Å². The molecule has 3 aromatic carbocycles. The summed E-state index contributed by atoms with van der Waals surface area (Å²) in [6.45, 7) is 3.75. The van der Waals surface area contributed by atoms with Gasteiger partial charge in [0.2, 0.25) is 0 Å². The standard InChI is InChI=1S/C24H22ClN3O3S/c1-17-11-12-23(18(2)13-17)28-32(30,31)22-10-6-9-20(15-22)24(29)27-26-16-21(25)14-19-7-4-3-5-8-19/h3-16,28H,1-2H3,(H,27,29). The van der Waals surface area contributed by atoms with Crippen LogP contribution in [0.15, 0.2) is 87.8 Å². The number of halogens is 1. The molecular weight excluding hydrogens is 446 g/mol. The molecule has 6 nitrogen and oxygen atoms in total. The van der Waals surface area contributed by atoms with E-state index in [1.165, 1.54) is 30.5 Å². The van der Waals surface area contributed by atoms with Crippen molar-refractivity contribution in [2.45, 2.75) is 18.7 Å². The summed E-state index contributed by atoms with van der Waals surface area (Å²) in [4.78, 5) is 12.4. The number of nitrogens with one attached hydrogen (secondary N) is 2. The van der Waals surface area contributed by atoms with Crippen LogP contribution in [0.3, 0.4) is 0 Å². The molecule has 0 radical (unpaired) electrons. The lowest BCUT2D eigenvalue weighted by Crippen LogP contribution is -2.19. The molecule has 3 aromatic rings. The number of amides is 1. The van der Waals surface area contributed by atoms with Gasteiger partial charge in [0, 0.05) is 5.56 Å². The Balaban J connectivity index is 1.70. The number of rotatable bonds is 7. The van der Waals surface area contributed by atoms with E-state index in [-0.39, 0.29) is 10.5 Å². The summed E-state index contributed by atoms with van der Waals surface area (Å²) in [5.74, 6) is -0.561. The molecular formula is C24H22ClN3O3S. The van der Waals surface area contributed by atoms with Crippen molar-refractivity contribution in [1.29, 1.82) is 0 Å². The number of hydrogen-bond acceptors (Lipinski definition) is 4. The van der Waals surface area contributed by atoms with Crippen LogP contribution in [0.5, 0.6) is 0 Å². The molecule has 0 atom stereocenters. The number of hydrogen-bond donors (Lipinski definition) is 2. The van der Waals surface area contributed by atoms with Gasteiger partial charge in [-0.2, -0.15) is 5.10 Å². The molecule has 0 fully saturated rings. The molecule has 0 aliphatic rings. The predicted molar refractivity (Wildman–Crippen MR) is 129 cm³/mol. The van der Waals surface area contributed by atoms with Crippen LogP contribution in [-0.4, -0.2) is 20.5 Å². The van der Waals surface area contributed by atoms with Gasteiger partial charge in [0.15, 0.2) is 0 Å². The maximum atomic E-state index is 12.8. The van der Waals surface area contributed by atoms with Crippen LogP contribution in [0.2, 0.25) is 0 Å². The topological polar surface area (TPSA) is 87.6 Å². The highest BCUT2D eigenvalue weighted by molar-refractivity contribution is 7.92. The largest absolute Gasteiger partial charge is 0.279 e. The van der Waals surface area contributed by atoms with Crippen molar-refractivity contribution in [3.8, 4) is 0 Å². The first-order chi connectivity index (χ1) is 15.2. The lowest BCUT2D eigenvalue weighted by Gasteiger charge is -2.12. The Morgan fingerprint density at radius 2 is 1.72 bits per heavy atom. The van der Waals surface area contributed by atoms with Crippen LogP contribution in [0.1, 0.15) is 27.0 Å². The molecule has 164 valence electrons. The maximum Gasteiger partial charge on any atom is 0.271 e. The third-order valence-corrected chi connectivity index (χ3v) is 6.06. The van der Waals surface area contributed by atoms with E-state index in [0.717, 1.165) is 16.7 Å². The highest BCUT2D eigenvalue weighted by Gasteiger charge is 2.17. The second-order valence-electron chi connectivity index (χ2n) is 7.09. The summed E-state index contributed by atoms with van der Waals surface area (Å²) in [5, 5.41) is 4.16. The van der Waals surface area contributed by atoms with E-state index in [2.05, 4.69) is 15.2 Å². The van der Waals surface area contributed by atoms with Crippen molar-refractivity contribution >= 4 is 45.5 Å². The van der Waals surface area contributed by atoms with Gasteiger partial charge < -0.3 is 0 Å². The fraction of sp³-hybridized carbons (Fsp3) is 0.0833. The second kappa shape index (κ2) is 10.3. The molecule has 0 aromatic heterocycles. The number of nitrogens with zero attached hydrogens (tertiary/aromatic N) is 1. The first-order valence-corrected chi connectivity index (χ1v) is 11.6. The molecule has 0 aliphatic carbocycles. The van der Waals surface area contributed by atoms with Crippen molar-refractivity contribution in [2.24, 2.45) is 5.10 Å². The molecule has 0 spiro atoms. The quantitative estimate of drug-likeness (QED) is 0.374. The lowest BCUT2D eigenvalue weighted by molar-refractivity contribution is 0.0955. The van der Waals surface area contributed by atoms with Crippen molar-refractivity contribution < 1.29 is 13.2 Å². The van der Waals surface area contributed by atoms with Gasteiger partial charge >= 0.3 is 0 Å². The molecule has 1 amide bonds. The fourth-order valence-electron chi connectivity index (χ4n) is 2.90. The maximum absolute atomic E-state index is 12.8. The molecule has 0 heterocycles. The summed E-state index contributed by atoms with van der Waals surface area (Å²) in [6.07, 6.45) is 3.00. The highest BCUT2D eigenvalue weighted by Crippen LogP contribution is 2.21. The molecule has 0 saturated carbocycles. The SMILES string of the molecule is Cc1ccc(NS(=O)(=O)c2cccc(C(=O)NN=CC(Cl)=Cc3ccccc3)c2)c(C)c1. The Hall–Kier alpha value is -3.42. The molecule has 8 heteroatoms. The van der Waals surface area contributed by atoms with Crippen molar-refractivity contribution in [3.63, 3.8) is 0 Å². The van der Waals surface area contributed by atoms with E-state index in [9.17, 15) is 13.2 Å². The van der Waals surface area contributed by atoms with Gasteiger partial charge in [-0.25, -0.2) is 13.8 Å². The summed E-state index contributed by atoms with van der Waals surface area (Å²) in [6, 6.07) is 20.5. The fourth-order valence-corrected chi connectivity index (χ4v) is 4.25. The van der Waals surface area contributed by atoms with Crippen LogP contribution in [0.4, 0.5) is 5.69 Å². The Morgan fingerprint density at radius 3 is 2.44 bits per heavy atom. The summed E-state index contributed by atoms with van der Waals surface area (Å²) in [5.41, 5.74) is 5.70. The zero-order valence-electron chi connectivity index (χ0n) is 17.5. The molecule has 0 unspecified atom stereocenters. The molecule has 32 heavy (non-hydrogen) atoms. The smallest absolute Gasteiger partial charge is 0.271 e. The van der Waals surface area contributed by atoms with E-state index >= 15 is 0 Å². The molecule has 3 rings (SSSR count). The number of carbonyl (C=O) groups is 1. The highest BCUT2D eigenvalue weighted by atomic mass is 35.5. The van der Waals surface area contributed by atoms with Crippen molar-refractivity contribution in [1.82, 2.24) is 5.43 Å². The van der Waals surface area contributed by atoms with Crippen LogP contribution < -0.4 is 10.1 Å². The number of hydrazone groups is 1. The minimum absolute atomic E-state index is 0.0314. The third kappa shape index (κ3) is 6.29. The van der Waals surface area contributed by atoms with Gasteiger partial charge in [-0.1, -0.05) is 65.7 Å². The predicted octanol–water partition coefficient (Wildman–Crippen LogP) is 5.10.